The van der Waals surface area contributed by atoms with Gasteiger partial charge in [0.05, 0.1) is 0 Å². The molecular weight excluding hydrogens is 251 g/mol. The van der Waals surface area contributed by atoms with Crippen LogP contribution >= 0.6 is 0 Å². The van der Waals surface area contributed by atoms with Gasteiger partial charge in [0.2, 0.25) is 0 Å². The van der Waals surface area contributed by atoms with E-state index in [0.717, 1.165) is 25.1 Å². The first-order chi connectivity index (χ1) is 9.72. The van der Waals surface area contributed by atoms with Crippen LogP contribution in [-0.4, -0.2) is 18.5 Å². The highest BCUT2D eigenvalue weighted by atomic mass is 19.1. The van der Waals surface area contributed by atoms with Gasteiger partial charge in [0.15, 0.2) is 0 Å². The lowest BCUT2D eigenvalue weighted by Gasteiger charge is -2.17. The maximum Gasteiger partial charge on any atom is 0.127 e. The summed E-state index contributed by atoms with van der Waals surface area (Å²) >= 11 is 0. The summed E-state index contributed by atoms with van der Waals surface area (Å²) in [4.78, 5) is 2.14. The molecule has 0 amide bonds. The molecule has 0 aliphatic carbocycles. The number of halogens is 1. The molecule has 2 aromatic carbocycles. The van der Waals surface area contributed by atoms with Crippen LogP contribution in [-0.2, 0) is 19.5 Å². The van der Waals surface area contributed by atoms with E-state index in [-0.39, 0.29) is 5.82 Å². The van der Waals surface area contributed by atoms with E-state index >= 15 is 0 Å². The average molecular weight is 270 g/mol. The van der Waals surface area contributed by atoms with Gasteiger partial charge >= 0.3 is 0 Å². The van der Waals surface area contributed by atoms with Crippen LogP contribution in [0.15, 0.2) is 42.5 Å². The van der Waals surface area contributed by atoms with E-state index in [1.165, 1.54) is 22.9 Å². The van der Waals surface area contributed by atoms with Crippen LogP contribution in [0, 0.1) is 5.82 Å². The summed E-state index contributed by atoms with van der Waals surface area (Å²) in [6.45, 7) is 2.49. The largest absolute Gasteiger partial charge is 0.384 e. The Morgan fingerprint density at radius 2 is 2.00 bits per heavy atom. The maximum absolute atomic E-state index is 13.6. The van der Waals surface area contributed by atoms with E-state index in [0.29, 0.717) is 6.54 Å². The van der Waals surface area contributed by atoms with Gasteiger partial charge in [-0.3, -0.25) is 4.90 Å². The second-order valence-electron chi connectivity index (χ2n) is 5.43. The average Bonchev–Trinajstić information content (AvgIpc) is 2.89. The normalized spacial score (nSPS) is 13.3. The van der Waals surface area contributed by atoms with E-state index in [1.807, 2.05) is 19.2 Å². The van der Waals surface area contributed by atoms with E-state index in [2.05, 4.69) is 28.4 Å². The molecule has 0 saturated carbocycles. The monoisotopic (exact) mass is 270 g/mol. The van der Waals surface area contributed by atoms with Crippen molar-refractivity contribution in [2.24, 2.45) is 0 Å². The number of hydrogen-bond acceptors (Lipinski definition) is 2. The standard InChI is InChI=1S/C17H19FN2/c1-20(12-15-4-2-3-5-16(15)18)11-13-6-7-17-14(10-13)8-9-19-17/h2-7,10,19H,8-9,11-12H2,1H3. The molecule has 0 unspecified atom stereocenters. The van der Waals surface area contributed by atoms with Crippen molar-refractivity contribution in [2.45, 2.75) is 19.5 Å². The third-order valence-electron chi connectivity index (χ3n) is 3.73. The predicted octanol–water partition coefficient (Wildman–Crippen LogP) is 3.43. The molecule has 0 saturated heterocycles. The van der Waals surface area contributed by atoms with Crippen LogP contribution in [0.5, 0.6) is 0 Å². The van der Waals surface area contributed by atoms with Crippen LogP contribution in [0.3, 0.4) is 0 Å². The van der Waals surface area contributed by atoms with Crippen LogP contribution in [0.25, 0.3) is 0 Å². The lowest BCUT2D eigenvalue weighted by atomic mass is 10.1. The molecule has 0 spiro atoms. The van der Waals surface area contributed by atoms with E-state index in [4.69, 9.17) is 0 Å². The Morgan fingerprint density at radius 1 is 1.15 bits per heavy atom. The van der Waals surface area contributed by atoms with Crippen LogP contribution in [0.2, 0.25) is 0 Å². The Bertz CT molecular complexity index is 610. The van der Waals surface area contributed by atoms with Crippen molar-refractivity contribution in [3.8, 4) is 0 Å². The van der Waals surface area contributed by atoms with Crippen molar-refractivity contribution in [3.05, 3.63) is 65.0 Å². The third-order valence-corrected chi connectivity index (χ3v) is 3.73. The Labute approximate surface area is 119 Å². The molecule has 0 radical (unpaired) electrons. The molecule has 2 aromatic rings. The van der Waals surface area contributed by atoms with Gasteiger partial charge in [-0.25, -0.2) is 4.39 Å². The SMILES string of the molecule is CN(Cc1ccc2c(c1)CCN2)Cc1ccccc1F. The van der Waals surface area contributed by atoms with Crippen molar-refractivity contribution in [2.75, 3.05) is 18.9 Å². The van der Waals surface area contributed by atoms with Gasteiger partial charge in [-0.2, -0.15) is 0 Å². The summed E-state index contributed by atoms with van der Waals surface area (Å²) in [6, 6.07) is 13.5. The minimum absolute atomic E-state index is 0.127. The number of hydrogen-bond donors (Lipinski definition) is 1. The number of nitrogens with one attached hydrogen (secondary N) is 1. The number of fused-ring (bicyclic) bond motifs is 1. The first-order valence-corrected chi connectivity index (χ1v) is 7.00. The molecular formula is C17H19FN2. The highest BCUT2D eigenvalue weighted by Crippen LogP contribution is 2.23. The Morgan fingerprint density at radius 3 is 2.85 bits per heavy atom. The summed E-state index contributed by atoms with van der Waals surface area (Å²) in [5, 5.41) is 3.36. The highest BCUT2D eigenvalue weighted by Gasteiger charge is 2.11. The van der Waals surface area contributed by atoms with Gasteiger partial charge in [0.25, 0.3) is 0 Å². The Balaban J connectivity index is 1.67. The molecule has 3 rings (SSSR count). The predicted molar refractivity (Wildman–Crippen MR) is 80.2 cm³/mol. The van der Waals surface area contributed by atoms with Crippen molar-refractivity contribution < 1.29 is 4.39 Å². The number of nitrogens with zero attached hydrogens (tertiary/aromatic N) is 1. The Kier molecular flexibility index (Phi) is 3.70. The van der Waals surface area contributed by atoms with Crippen molar-refractivity contribution in [1.29, 1.82) is 0 Å². The lowest BCUT2D eigenvalue weighted by molar-refractivity contribution is 0.313. The number of rotatable bonds is 4. The molecule has 0 fully saturated rings. The molecule has 1 heterocycles. The van der Waals surface area contributed by atoms with Gasteiger partial charge < -0.3 is 5.32 Å². The lowest BCUT2D eigenvalue weighted by Crippen LogP contribution is -2.18. The molecule has 20 heavy (non-hydrogen) atoms. The fourth-order valence-electron chi connectivity index (χ4n) is 2.74. The van der Waals surface area contributed by atoms with E-state index < -0.39 is 0 Å². The highest BCUT2D eigenvalue weighted by molar-refractivity contribution is 5.56. The molecule has 1 aliphatic rings. The summed E-state index contributed by atoms with van der Waals surface area (Å²) in [5.41, 5.74) is 4.68. The molecule has 1 aliphatic heterocycles. The minimum atomic E-state index is -0.127. The topological polar surface area (TPSA) is 15.3 Å². The van der Waals surface area contributed by atoms with Gasteiger partial charge in [0.1, 0.15) is 5.82 Å². The first-order valence-electron chi connectivity index (χ1n) is 7.00. The molecule has 0 bridgehead atoms. The minimum Gasteiger partial charge on any atom is -0.384 e. The zero-order valence-corrected chi connectivity index (χ0v) is 11.7. The van der Waals surface area contributed by atoms with Crippen molar-refractivity contribution in [3.63, 3.8) is 0 Å². The van der Waals surface area contributed by atoms with Gasteiger partial charge in [-0.15, -0.1) is 0 Å². The smallest absolute Gasteiger partial charge is 0.127 e. The van der Waals surface area contributed by atoms with E-state index in [9.17, 15) is 4.39 Å². The van der Waals surface area contributed by atoms with Gasteiger partial charge in [-0.05, 0) is 36.7 Å². The summed E-state index contributed by atoms with van der Waals surface area (Å²) in [7, 11) is 2.03. The van der Waals surface area contributed by atoms with Gasteiger partial charge in [0, 0.05) is 30.9 Å². The molecule has 0 atom stereocenters. The summed E-state index contributed by atoms with van der Waals surface area (Å²) in [6.07, 6.45) is 1.10. The second kappa shape index (κ2) is 5.63. The van der Waals surface area contributed by atoms with Crippen LogP contribution < -0.4 is 5.32 Å². The Hall–Kier alpha value is -1.87. The van der Waals surface area contributed by atoms with E-state index in [1.54, 1.807) is 6.07 Å². The third kappa shape index (κ3) is 2.83. The fraction of sp³-hybridized carbons (Fsp3) is 0.294. The zero-order valence-electron chi connectivity index (χ0n) is 11.7. The molecule has 104 valence electrons. The molecule has 2 nitrogen and oxygen atoms in total. The van der Waals surface area contributed by atoms with Gasteiger partial charge in [-0.1, -0.05) is 30.3 Å². The number of anilines is 1. The van der Waals surface area contributed by atoms with Crippen LogP contribution in [0.4, 0.5) is 10.1 Å². The zero-order chi connectivity index (χ0) is 13.9. The molecule has 1 N–H and O–H groups in total. The summed E-state index contributed by atoms with van der Waals surface area (Å²) < 4.78 is 13.6. The maximum atomic E-state index is 13.6. The molecule has 0 aromatic heterocycles. The van der Waals surface area contributed by atoms with Crippen molar-refractivity contribution in [1.82, 2.24) is 4.90 Å². The second-order valence-corrected chi connectivity index (χ2v) is 5.43. The van der Waals surface area contributed by atoms with Crippen molar-refractivity contribution >= 4 is 5.69 Å². The summed E-state index contributed by atoms with van der Waals surface area (Å²) in [5.74, 6) is -0.127. The fourth-order valence-corrected chi connectivity index (χ4v) is 2.74. The van der Waals surface area contributed by atoms with Crippen LogP contribution in [0.1, 0.15) is 16.7 Å². The number of benzene rings is 2. The first kappa shape index (κ1) is 13.1. The quantitative estimate of drug-likeness (QED) is 0.915. The molecule has 3 heteroatoms.